The van der Waals surface area contributed by atoms with Crippen LogP contribution >= 0.6 is 15.9 Å². The van der Waals surface area contributed by atoms with Crippen molar-refractivity contribution in [3.8, 4) is 11.8 Å². The van der Waals surface area contributed by atoms with E-state index in [-0.39, 0.29) is 6.42 Å². The number of alkyl halides is 1. The Balaban J connectivity index is 3.06. The average molecular weight is 233 g/mol. The number of rotatable bonds is 5. The first kappa shape index (κ1) is 11.5. The Labute approximate surface area is 81.5 Å². The zero-order valence-electron chi connectivity index (χ0n) is 6.98. The van der Waals surface area contributed by atoms with Crippen molar-refractivity contribution in [3.63, 3.8) is 0 Å². The van der Waals surface area contributed by atoms with Gasteiger partial charge >= 0.3 is 5.97 Å². The zero-order valence-corrected chi connectivity index (χ0v) is 8.56. The lowest BCUT2D eigenvalue weighted by atomic mass is 10.1. The molecule has 1 N–H and O–H groups in total. The minimum Gasteiger partial charge on any atom is -0.481 e. The third-order valence-electron chi connectivity index (χ3n) is 1.38. The first-order chi connectivity index (χ1) is 5.77. The van der Waals surface area contributed by atoms with Gasteiger partial charge in [-0.1, -0.05) is 28.3 Å². The largest absolute Gasteiger partial charge is 0.481 e. The lowest BCUT2D eigenvalue weighted by Crippen LogP contribution is -1.93. The van der Waals surface area contributed by atoms with E-state index in [1.165, 1.54) is 0 Å². The van der Waals surface area contributed by atoms with Crippen LogP contribution in [0.1, 0.15) is 32.1 Å². The molecule has 0 amide bonds. The van der Waals surface area contributed by atoms with E-state index in [9.17, 15) is 4.79 Å². The van der Waals surface area contributed by atoms with Crippen LogP contribution in [0.5, 0.6) is 0 Å². The molecule has 0 unspecified atom stereocenters. The molecule has 2 nitrogen and oxygen atoms in total. The van der Waals surface area contributed by atoms with E-state index in [1.807, 2.05) is 0 Å². The molecule has 0 aliphatic heterocycles. The van der Waals surface area contributed by atoms with Crippen molar-refractivity contribution in [2.75, 3.05) is 5.33 Å². The second-order valence-electron chi connectivity index (χ2n) is 2.44. The molecule has 12 heavy (non-hydrogen) atoms. The molecule has 0 fully saturated rings. The summed E-state index contributed by atoms with van der Waals surface area (Å²) in [5.41, 5.74) is 0. The highest BCUT2D eigenvalue weighted by atomic mass is 79.9. The van der Waals surface area contributed by atoms with Crippen LogP contribution in [0.2, 0.25) is 0 Å². The van der Waals surface area contributed by atoms with E-state index in [4.69, 9.17) is 5.11 Å². The fraction of sp³-hybridized carbons (Fsp3) is 0.667. The first-order valence-electron chi connectivity index (χ1n) is 4.01. The Morgan fingerprint density at radius 3 is 2.58 bits per heavy atom. The Morgan fingerprint density at radius 1 is 1.25 bits per heavy atom. The monoisotopic (exact) mass is 232 g/mol. The summed E-state index contributed by atoms with van der Waals surface area (Å²) in [4.78, 5) is 10.1. The van der Waals surface area contributed by atoms with Crippen LogP contribution in [0.3, 0.4) is 0 Å². The van der Waals surface area contributed by atoms with Crippen LogP contribution in [-0.4, -0.2) is 16.4 Å². The predicted molar refractivity (Wildman–Crippen MR) is 52.3 cm³/mol. The fourth-order valence-electron chi connectivity index (χ4n) is 0.802. The molecule has 0 aromatic heterocycles. The fourth-order valence-corrected chi connectivity index (χ4v) is 1.00. The third kappa shape index (κ3) is 9.51. The molecule has 0 spiro atoms. The molecular weight excluding hydrogens is 220 g/mol. The van der Waals surface area contributed by atoms with Crippen LogP contribution in [0.15, 0.2) is 0 Å². The van der Waals surface area contributed by atoms with Crippen molar-refractivity contribution in [2.24, 2.45) is 0 Å². The van der Waals surface area contributed by atoms with Gasteiger partial charge in [-0.3, -0.25) is 4.79 Å². The molecule has 0 radical (unpaired) electrons. The van der Waals surface area contributed by atoms with Gasteiger partial charge in [-0.15, -0.1) is 5.92 Å². The third-order valence-corrected chi connectivity index (χ3v) is 1.66. The highest BCUT2D eigenvalue weighted by Crippen LogP contribution is 2.01. The van der Waals surface area contributed by atoms with Crippen LogP contribution in [0.4, 0.5) is 0 Å². The molecule has 68 valence electrons. The number of carboxylic acids is 1. The number of hydrogen-bond acceptors (Lipinski definition) is 1. The molecule has 0 aromatic rings. The number of hydrogen-bond donors (Lipinski definition) is 1. The standard InChI is InChI=1S/C9H13BrO2/c10-8-6-4-2-1-3-5-7-9(11)12/h1-3,5,7-8H2,(H,11,12). The number of halogens is 1. The van der Waals surface area contributed by atoms with E-state index in [2.05, 4.69) is 27.8 Å². The van der Waals surface area contributed by atoms with Crippen LogP contribution < -0.4 is 0 Å². The van der Waals surface area contributed by atoms with E-state index in [0.29, 0.717) is 0 Å². The Hall–Kier alpha value is -0.490. The zero-order chi connectivity index (χ0) is 9.23. The van der Waals surface area contributed by atoms with E-state index in [0.717, 1.165) is 31.0 Å². The molecule has 0 saturated heterocycles. The van der Waals surface area contributed by atoms with Gasteiger partial charge in [0.05, 0.1) is 5.33 Å². The second kappa shape index (κ2) is 8.61. The lowest BCUT2D eigenvalue weighted by molar-refractivity contribution is -0.137. The number of aliphatic carboxylic acids is 1. The van der Waals surface area contributed by atoms with Gasteiger partial charge in [-0.2, -0.15) is 0 Å². The number of carbonyl (C=O) groups is 1. The van der Waals surface area contributed by atoms with Crippen LogP contribution in [0.25, 0.3) is 0 Å². The van der Waals surface area contributed by atoms with E-state index < -0.39 is 5.97 Å². The van der Waals surface area contributed by atoms with Gasteiger partial charge in [0, 0.05) is 12.8 Å². The van der Waals surface area contributed by atoms with Crippen molar-refractivity contribution >= 4 is 21.9 Å². The van der Waals surface area contributed by atoms with Gasteiger partial charge in [0.2, 0.25) is 0 Å². The molecule has 0 atom stereocenters. The molecule has 3 heteroatoms. The van der Waals surface area contributed by atoms with Gasteiger partial charge in [0.15, 0.2) is 0 Å². The summed E-state index contributed by atoms with van der Waals surface area (Å²) >= 11 is 3.20. The summed E-state index contributed by atoms with van der Waals surface area (Å²) in [6.07, 6.45) is 3.90. The quantitative estimate of drug-likeness (QED) is 0.449. The minimum atomic E-state index is -0.707. The molecule has 0 bridgehead atoms. The van der Waals surface area contributed by atoms with Crippen molar-refractivity contribution < 1.29 is 9.90 Å². The molecule has 0 heterocycles. The van der Waals surface area contributed by atoms with Gasteiger partial charge in [-0.05, 0) is 12.8 Å². The molecule has 0 aromatic carbocycles. The summed E-state index contributed by atoms with van der Waals surface area (Å²) in [7, 11) is 0. The molecule has 0 aliphatic carbocycles. The van der Waals surface area contributed by atoms with Gasteiger partial charge in [0.25, 0.3) is 0 Å². The first-order valence-corrected chi connectivity index (χ1v) is 5.13. The topological polar surface area (TPSA) is 37.3 Å². The van der Waals surface area contributed by atoms with Crippen LogP contribution in [0, 0.1) is 11.8 Å². The Morgan fingerprint density at radius 2 is 2.00 bits per heavy atom. The lowest BCUT2D eigenvalue weighted by Gasteiger charge is -1.93. The molecular formula is C9H13BrO2. The SMILES string of the molecule is O=C(O)CCCCCC#CCBr. The number of unbranched alkanes of at least 4 members (excludes halogenated alkanes) is 3. The van der Waals surface area contributed by atoms with Crippen molar-refractivity contribution in [3.05, 3.63) is 0 Å². The van der Waals surface area contributed by atoms with Crippen molar-refractivity contribution in [1.29, 1.82) is 0 Å². The smallest absolute Gasteiger partial charge is 0.303 e. The summed E-state index contributed by atoms with van der Waals surface area (Å²) in [5.74, 6) is 5.17. The Kier molecular flexibility index (Phi) is 8.25. The maximum absolute atomic E-state index is 10.1. The maximum atomic E-state index is 10.1. The van der Waals surface area contributed by atoms with Crippen LogP contribution in [-0.2, 0) is 4.79 Å². The van der Waals surface area contributed by atoms with Crippen molar-refractivity contribution in [2.45, 2.75) is 32.1 Å². The summed E-state index contributed by atoms with van der Waals surface area (Å²) < 4.78 is 0. The molecule has 0 saturated carbocycles. The summed E-state index contributed by atoms with van der Waals surface area (Å²) in [6, 6.07) is 0. The van der Waals surface area contributed by atoms with Gasteiger partial charge < -0.3 is 5.11 Å². The van der Waals surface area contributed by atoms with E-state index in [1.54, 1.807) is 0 Å². The Bertz CT molecular complexity index is 179. The number of carboxylic acid groups (broad SMARTS) is 1. The molecule has 0 rings (SSSR count). The average Bonchev–Trinajstić information content (AvgIpc) is 2.02. The minimum absolute atomic E-state index is 0.284. The van der Waals surface area contributed by atoms with Gasteiger partial charge in [0.1, 0.15) is 0 Å². The predicted octanol–water partition coefficient (Wildman–Crippen LogP) is 2.42. The molecule has 0 aliphatic rings. The summed E-state index contributed by atoms with van der Waals surface area (Å²) in [6.45, 7) is 0. The highest BCUT2D eigenvalue weighted by molar-refractivity contribution is 9.09. The maximum Gasteiger partial charge on any atom is 0.303 e. The summed E-state index contributed by atoms with van der Waals surface area (Å²) in [5, 5.41) is 9.04. The van der Waals surface area contributed by atoms with E-state index >= 15 is 0 Å². The van der Waals surface area contributed by atoms with Crippen molar-refractivity contribution in [1.82, 2.24) is 0 Å². The normalized spacial score (nSPS) is 8.75. The second-order valence-corrected chi connectivity index (χ2v) is 3.00. The highest BCUT2D eigenvalue weighted by Gasteiger charge is 1.94. The van der Waals surface area contributed by atoms with Gasteiger partial charge in [-0.25, -0.2) is 0 Å².